The SMILES string of the molecule is C#CNc1ccc2cnn(COCC[Si](C)(C)C)c2c1. The van der Waals surface area contributed by atoms with Crippen molar-refractivity contribution in [2.45, 2.75) is 32.4 Å². The molecule has 4 nitrogen and oxygen atoms in total. The summed E-state index contributed by atoms with van der Waals surface area (Å²) >= 11 is 0. The molecule has 0 aliphatic carbocycles. The molecule has 1 heterocycles. The van der Waals surface area contributed by atoms with Crippen LogP contribution in [0.25, 0.3) is 10.9 Å². The summed E-state index contributed by atoms with van der Waals surface area (Å²) in [5, 5.41) is 8.29. The van der Waals surface area contributed by atoms with Gasteiger partial charge in [0.2, 0.25) is 0 Å². The third-order valence-corrected chi connectivity index (χ3v) is 4.78. The van der Waals surface area contributed by atoms with Crippen molar-refractivity contribution in [2.75, 3.05) is 11.9 Å². The van der Waals surface area contributed by atoms with E-state index < -0.39 is 8.07 Å². The van der Waals surface area contributed by atoms with E-state index in [9.17, 15) is 0 Å². The molecule has 0 saturated heterocycles. The number of hydrogen-bond donors (Lipinski definition) is 1. The molecule has 0 radical (unpaired) electrons. The number of benzene rings is 1. The molecule has 0 fully saturated rings. The van der Waals surface area contributed by atoms with Gasteiger partial charge in [-0.3, -0.25) is 0 Å². The van der Waals surface area contributed by atoms with Crippen LogP contribution in [0.4, 0.5) is 5.69 Å². The summed E-state index contributed by atoms with van der Waals surface area (Å²) in [5.74, 6) is 0. The molecule has 0 spiro atoms. The molecule has 0 bridgehead atoms. The summed E-state index contributed by atoms with van der Waals surface area (Å²) in [7, 11) is -1.04. The first-order chi connectivity index (χ1) is 9.49. The summed E-state index contributed by atoms with van der Waals surface area (Å²) in [5.41, 5.74) is 1.92. The second-order valence-corrected chi connectivity index (χ2v) is 11.7. The normalized spacial score (nSPS) is 11.5. The molecule has 106 valence electrons. The molecule has 0 amide bonds. The quantitative estimate of drug-likeness (QED) is 0.383. The van der Waals surface area contributed by atoms with E-state index in [1.807, 2.05) is 29.1 Å². The Balaban J connectivity index is 2.03. The molecule has 0 saturated carbocycles. The Labute approximate surface area is 121 Å². The number of fused-ring (bicyclic) bond motifs is 1. The van der Waals surface area contributed by atoms with Gasteiger partial charge in [-0.25, -0.2) is 4.68 Å². The van der Waals surface area contributed by atoms with Crippen LogP contribution in [0.2, 0.25) is 25.7 Å². The lowest BCUT2D eigenvalue weighted by Crippen LogP contribution is -2.22. The Kier molecular flexibility index (Phi) is 4.48. The van der Waals surface area contributed by atoms with E-state index in [0.29, 0.717) is 6.73 Å². The van der Waals surface area contributed by atoms with Crippen molar-refractivity contribution in [1.82, 2.24) is 9.78 Å². The average Bonchev–Trinajstić information content (AvgIpc) is 2.77. The van der Waals surface area contributed by atoms with Crippen molar-refractivity contribution in [3.05, 3.63) is 24.4 Å². The Morgan fingerprint density at radius 2 is 2.20 bits per heavy atom. The largest absolute Gasteiger partial charge is 0.360 e. The van der Waals surface area contributed by atoms with Crippen LogP contribution in [-0.2, 0) is 11.5 Å². The van der Waals surface area contributed by atoms with Gasteiger partial charge in [-0.05, 0) is 24.2 Å². The topological polar surface area (TPSA) is 39.1 Å². The van der Waals surface area contributed by atoms with Gasteiger partial charge < -0.3 is 10.1 Å². The summed E-state index contributed by atoms with van der Waals surface area (Å²) in [6.07, 6.45) is 7.10. The molecule has 0 atom stereocenters. The Hall–Kier alpha value is -1.77. The molecule has 1 N–H and O–H groups in total. The first kappa shape index (κ1) is 14.6. The van der Waals surface area contributed by atoms with E-state index >= 15 is 0 Å². The Morgan fingerprint density at radius 1 is 1.40 bits per heavy atom. The number of rotatable bonds is 6. The van der Waals surface area contributed by atoms with Crippen LogP contribution in [0.5, 0.6) is 0 Å². The maximum atomic E-state index is 5.74. The zero-order valence-corrected chi connectivity index (χ0v) is 13.3. The lowest BCUT2D eigenvalue weighted by Gasteiger charge is -2.15. The van der Waals surface area contributed by atoms with Gasteiger partial charge in [-0.2, -0.15) is 5.10 Å². The van der Waals surface area contributed by atoms with E-state index in [-0.39, 0.29) is 0 Å². The number of hydrogen-bond acceptors (Lipinski definition) is 3. The van der Waals surface area contributed by atoms with Crippen LogP contribution in [0.1, 0.15) is 0 Å². The maximum Gasteiger partial charge on any atom is 0.139 e. The monoisotopic (exact) mass is 287 g/mol. The molecule has 20 heavy (non-hydrogen) atoms. The molecule has 1 aromatic heterocycles. The van der Waals surface area contributed by atoms with Crippen LogP contribution >= 0.6 is 0 Å². The third kappa shape index (κ3) is 3.86. The van der Waals surface area contributed by atoms with Crippen molar-refractivity contribution in [2.24, 2.45) is 0 Å². The number of nitrogens with one attached hydrogen (secondary N) is 1. The van der Waals surface area contributed by atoms with Crippen LogP contribution in [-0.4, -0.2) is 24.5 Å². The van der Waals surface area contributed by atoms with Gasteiger partial charge >= 0.3 is 0 Å². The second-order valence-electron chi connectivity index (χ2n) is 6.04. The van der Waals surface area contributed by atoms with Crippen LogP contribution < -0.4 is 5.32 Å². The lowest BCUT2D eigenvalue weighted by atomic mass is 10.2. The van der Waals surface area contributed by atoms with Crippen LogP contribution in [0.15, 0.2) is 24.4 Å². The van der Waals surface area contributed by atoms with Gasteiger partial charge in [-0.1, -0.05) is 26.1 Å². The number of aromatic nitrogens is 2. The third-order valence-electron chi connectivity index (χ3n) is 3.07. The highest BCUT2D eigenvalue weighted by atomic mass is 28.3. The van der Waals surface area contributed by atoms with Crippen molar-refractivity contribution < 1.29 is 4.74 Å². The summed E-state index contributed by atoms with van der Waals surface area (Å²) in [4.78, 5) is 0. The number of nitrogens with zero attached hydrogens (tertiary/aromatic N) is 2. The summed E-state index contributed by atoms with van der Waals surface area (Å²) < 4.78 is 7.60. The van der Waals surface area contributed by atoms with E-state index in [0.717, 1.165) is 29.2 Å². The average molecular weight is 287 g/mol. The first-order valence-electron chi connectivity index (χ1n) is 6.74. The molecular formula is C15H21N3OSi. The van der Waals surface area contributed by atoms with E-state index in [1.165, 1.54) is 0 Å². The number of ether oxygens (including phenoxy) is 1. The molecule has 2 aromatic rings. The Bertz CT molecular complexity index is 622. The van der Waals surface area contributed by atoms with Crippen molar-refractivity contribution in [3.8, 4) is 12.5 Å². The standard InChI is InChI=1S/C15H21N3OSi/c1-5-16-14-7-6-13-11-17-18(15(13)10-14)12-19-8-9-20(2,3)4/h1,6-7,10-11,16H,8-9,12H2,2-4H3. The molecule has 0 aliphatic heterocycles. The smallest absolute Gasteiger partial charge is 0.139 e. The van der Waals surface area contributed by atoms with Gasteiger partial charge in [0.25, 0.3) is 0 Å². The van der Waals surface area contributed by atoms with Gasteiger partial charge in [-0.15, -0.1) is 0 Å². The second kappa shape index (κ2) is 6.12. The highest BCUT2D eigenvalue weighted by Crippen LogP contribution is 2.19. The highest BCUT2D eigenvalue weighted by molar-refractivity contribution is 6.76. The minimum atomic E-state index is -1.04. The zero-order valence-electron chi connectivity index (χ0n) is 12.3. The van der Waals surface area contributed by atoms with E-state index in [4.69, 9.17) is 11.2 Å². The predicted molar refractivity (Wildman–Crippen MR) is 86.3 cm³/mol. The van der Waals surface area contributed by atoms with Crippen LogP contribution in [0.3, 0.4) is 0 Å². The number of anilines is 1. The minimum absolute atomic E-state index is 0.480. The zero-order chi connectivity index (χ0) is 14.6. The van der Waals surface area contributed by atoms with Gasteiger partial charge in [0.05, 0.1) is 11.7 Å². The molecule has 5 heteroatoms. The fraction of sp³-hybridized carbons (Fsp3) is 0.400. The van der Waals surface area contributed by atoms with E-state index in [1.54, 1.807) is 0 Å². The van der Waals surface area contributed by atoms with Crippen molar-refractivity contribution in [3.63, 3.8) is 0 Å². The summed E-state index contributed by atoms with van der Waals surface area (Å²) in [6, 6.07) is 9.52. The molecule has 1 aromatic carbocycles. The molecular weight excluding hydrogens is 266 g/mol. The molecule has 2 rings (SSSR count). The molecule has 0 aliphatic rings. The van der Waals surface area contributed by atoms with Gasteiger partial charge in [0.15, 0.2) is 0 Å². The van der Waals surface area contributed by atoms with Crippen molar-refractivity contribution >= 4 is 24.7 Å². The Morgan fingerprint density at radius 3 is 2.90 bits per heavy atom. The van der Waals surface area contributed by atoms with Gasteiger partial charge in [0.1, 0.15) is 6.73 Å². The predicted octanol–water partition coefficient (Wildman–Crippen LogP) is 3.35. The van der Waals surface area contributed by atoms with Crippen LogP contribution in [0, 0.1) is 12.5 Å². The summed E-state index contributed by atoms with van der Waals surface area (Å²) in [6.45, 7) is 8.30. The van der Waals surface area contributed by atoms with Gasteiger partial charge in [0, 0.05) is 31.8 Å². The first-order valence-corrected chi connectivity index (χ1v) is 10.5. The highest BCUT2D eigenvalue weighted by Gasteiger charge is 2.12. The van der Waals surface area contributed by atoms with E-state index in [2.05, 4.69) is 36.1 Å². The lowest BCUT2D eigenvalue weighted by molar-refractivity contribution is 0.0817. The molecule has 0 unspecified atom stereocenters. The fourth-order valence-corrected chi connectivity index (χ4v) is 2.62. The fourth-order valence-electron chi connectivity index (χ4n) is 1.86. The minimum Gasteiger partial charge on any atom is -0.360 e. The maximum absolute atomic E-state index is 5.74. The number of terminal acetylenes is 1. The van der Waals surface area contributed by atoms with Crippen molar-refractivity contribution in [1.29, 1.82) is 0 Å².